The first kappa shape index (κ1) is 15.6. The largest absolute Gasteiger partial charge is 0.471 e. The van der Waals surface area contributed by atoms with Crippen LogP contribution in [0.5, 0.6) is 5.75 Å². The van der Waals surface area contributed by atoms with Gasteiger partial charge in [-0.05, 0) is 34.1 Å². The Morgan fingerprint density at radius 3 is 3.04 bits per heavy atom. The number of hydrogen-bond acceptors (Lipinski definition) is 4. The molecule has 0 saturated heterocycles. The molecular formula is C14H11BrClN5O2. The Bertz CT molecular complexity index is 832. The van der Waals surface area contributed by atoms with Crippen molar-refractivity contribution in [2.24, 2.45) is 0 Å². The van der Waals surface area contributed by atoms with E-state index in [1.807, 2.05) is 0 Å². The Kier molecular flexibility index (Phi) is 4.63. The maximum Gasteiger partial charge on any atom is 0.274 e. The fourth-order valence-corrected chi connectivity index (χ4v) is 2.37. The summed E-state index contributed by atoms with van der Waals surface area (Å²) in [6.07, 6.45) is 4.70. The number of carbonyl (C=O) groups is 1. The second kappa shape index (κ2) is 6.84. The summed E-state index contributed by atoms with van der Waals surface area (Å²) < 4.78 is 7.71. The quantitative estimate of drug-likeness (QED) is 0.693. The maximum absolute atomic E-state index is 12.0. The third kappa shape index (κ3) is 3.91. The van der Waals surface area contributed by atoms with Gasteiger partial charge in [0.25, 0.3) is 5.91 Å². The van der Waals surface area contributed by atoms with Gasteiger partial charge >= 0.3 is 0 Å². The minimum absolute atomic E-state index is 0.198. The van der Waals surface area contributed by atoms with Crippen LogP contribution in [0, 0.1) is 0 Å². The van der Waals surface area contributed by atoms with Gasteiger partial charge in [-0.15, -0.1) is 0 Å². The molecule has 0 spiro atoms. The number of carbonyl (C=O) groups excluding carboxylic acids is 1. The van der Waals surface area contributed by atoms with Crippen molar-refractivity contribution in [2.45, 2.75) is 6.73 Å². The number of halogens is 2. The van der Waals surface area contributed by atoms with E-state index >= 15 is 0 Å². The van der Waals surface area contributed by atoms with E-state index in [9.17, 15) is 4.79 Å². The lowest BCUT2D eigenvalue weighted by atomic mass is 10.3. The minimum atomic E-state index is -0.315. The molecule has 0 aliphatic heterocycles. The molecule has 3 aromatic rings. The van der Waals surface area contributed by atoms with Crippen LogP contribution < -0.4 is 10.1 Å². The summed E-state index contributed by atoms with van der Waals surface area (Å²) in [6, 6.07) is 7.08. The van der Waals surface area contributed by atoms with Gasteiger partial charge in [0.2, 0.25) is 0 Å². The predicted molar refractivity (Wildman–Crippen MR) is 88.5 cm³/mol. The van der Waals surface area contributed by atoms with Crippen LogP contribution in [0.3, 0.4) is 0 Å². The molecule has 9 heteroatoms. The number of anilines is 1. The lowest BCUT2D eigenvalue weighted by Crippen LogP contribution is -2.12. The molecule has 2 aromatic heterocycles. The molecule has 0 saturated carbocycles. The van der Waals surface area contributed by atoms with E-state index in [0.29, 0.717) is 26.6 Å². The first-order valence-electron chi connectivity index (χ1n) is 6.53. The van der Waals surface area contributed by atoms with Crippen LogP contribution in [0.1, 0.15) is 10.5 Å². The standard InChI is InChI=1S/C14H11BrClN5O2/c15-12-6-17-20-13(12)14(22)19-10-5-18-21(7-10)8-23-11-3-1-2-9(16)4-11/h1-7H,8H2,(H,17,20)(H,19,22). The Morgan fingerprint density at radius 1 is 1.43 bits per heavy atom. The molecule has 0 fully saturated rings. The van der Waals surface area contributed by atoms with Crippen molar-refractivity contribution < 1.29 is 9.53 Å². The van der Waals surface area contributed by atoms with Crippen LogP contribution in [0.15, 0.2) is 47.3 Å². The van der Waals surface area contributed by atoms with Gasteiger partial charge in [-0.2, -0.15) is 10.2 Å². The van der Waals surface area contributed by atoms with Crippen molar-refractivity contribution in [1.29, 1.82) is 0 Å². The summed E-state index contributed by atoms with van der Waals surface area (Å²) in [4.78, 5) is 12.0. The molecule has 0 aliphatic carbocycles. The Balaban J connectivity index is 1.60. The fraction of sp³-hybridized carbons (Fsp3) is 0.0714. The number of hydrogen-bond donors (Lipinski definition) is 2. The van der Waals surface area contributed by atoms with E-state index in [1.165, 1.54) is 12.4 Å². The molecule has 23 heavy (non-hydrogen) atoms. The second-order valence-electron chi connectivity index (χ2n) is 4.55. The molecule has 3 rings (SSSR count). The van der Waals surface area contributed by atoms with Crippen LogP contribution in [-0.4, -0.2) is 25.9 Å². The molecule has 118 valence electrons. The molecule has 0 atom stereocenters. The summed E-state index contributed by atoms with van der Waals surface area (Å²) in [5.41, 5.74) is 0.888. The normalized spacial score (nSPS) is 10.5. The molecule has 2 N–H and O–H groups in total. The summed E-state index contributed by atoms with van der Waals surface area (Å²) in [5, 5.41) is 13.8. The topological polar surface area (TPSA) is 84.8 Å². The number of aromatic amines is 1. The number of H-pyrrole nitrogens is 1. The Morgan fingerprint density at radius 2 is 2.30 bits per heavy atom. The molecule has 2 heterocycles. The third-order valence-corrected chi connectivity index (χ3v) is 3.71. The zero-order chi connectivity index (χ0) is 16.2. The van der Waals surface area contributed by atoms with Crippen LogP contribution in [-0.2, 0) is 6.73 Å². The first-order valence-corrected chi connectivity index (χ1v) is 7.70. The van der Waals surface area contributed by atoms with Gasteiger partial charge in [0, 0.05) is 5.02 Å². The van der Waals surface area contributed by atoms with Gasteiger partial charge in [0.05, 0.1) is 28.8 Å². The van der Waals surface area contributed by atoms with Crippen molar-refractivity contribution in [3.8, 4) is 5.75 Å². The van der Waals surface area contributed by atoms with Crippen LogP contribution in [0.25, 0.3) is 0 Å². The van der Waals surface area contributed by atoms with Gasteiger partial charge < -0.3 is 10.1 Å². The molecule has 0 unspecified atom stereocenters. The van der Waals surface area contributed by atoms with Crippen LogP contribution in [0.2, 0.25) is 5.02 Å². The number of amides is 1. The number of benzene rings is 1. The second-order valence-corrected chi connectivity index (χ2v) is 5.84. The highest BCUT2D eigenvalue weighted by Gasteiger charge is 2.13. The number of nitrogens with one attached hydrogen (secondary N) is 2. The molecule has 1 amide bonds. The third-order valence-electron chi connectivity index (χ3n) is 2.87. The lowest BCUT2D eigenvalue weighted by molar-refractivity contribution is 0.102. The number of nitrogens with zero attached hydrogens (tertiary/aromatic N) is 3. The minimum Gasteiger partial charge on any atom is -0.471 e. The van der Waals surface area contributed by atoms with Gasteiger partial charge in [0.1, 0.15) is 11.4 Å². The van der Waals surface area contributed by atoms with Gasteiger partial charge in [-0.3, -0.25) is 9.89 Å². The fourth-order valence-electron chi connectivity index (χ4n) is 1.82. The molecule has 0 radical (unpaired) electrons. The van der Waals surface area contributed by atoms with Crippen molar-refractivity contribution in [2.75, 3.05) is 5.32 Å². The lowest BCUT2D eigenvalue weighted by Gasteiger charge is -2.06. The van der Waals surface area contributed by atoms with E-state index in [0.717, 1.165) is 0 Å². The number of rotatable bonds is 5. The Labute approximate surface area is 144 Å². The van der Waals surface area contributed by atoms with Crippen LogP contribution in [0.4, 0.5) is 5.69 Å². The van der Waals surface area contributed by atoms with Crippen molar-refractivity contribution in [3.63, 3.8) is 0 Å². The average Bonchev–Trinajstić information content (AvgIpc) is 3.14. The van der Waals surface area contributed by atoms with Crippen molar-refractivity contribution in [3.05, 3.63) is 58.0 Å². The summed E-state index contributed by atoms with van der Waals surface area (Å²) in [5.74, 6) is 0.324. The SMILES string of the molecule is O=C(Nc1cnn(COc2cccc(Cl)c2)c1)c1[nH]ncc1Br. The highest BCUT2D eigenvalue weighted by Crippen LogP contribution is 2.18. The van der Waals surface area contributed by atoms with E-state index in [-0.39, 0.29) is 12.6 Å². The zero-order valence-electron chi connectivity index (χ0n) is 11.7. The van der Waals surface area contributed by atoms with E-state index in [1.54, 1.807) is 35.1 Å². The van der Waals surface area contributed by atoms with E-state index in [4.69, 9.17) is 16.3 Å². The zero-order valence-corrected chi connectivity index (χ0v) is 14.0. The van der Waals surface area contributed by atoms with E-state index < -0.39 is 0 Å². The summed E-state index contributed by atoms with van der Waals surface area (Å²) >= 11 is 9.12. The predicted octanol–water partition coefficient (Wildman–Crippen LogP) is 3.31. The monoisotopic (exact) mass is 395 g/mol. The van der Waals surface area contributed by atoms with Gasteiger partial charge in [-0.25, -0.2) is 4.68 Å². The first-order chi connectivity index (χ1) is 11.1. The van der Waals surface area contributed by atoms with E-state index in [2.05, 4.69) is 36.5 Å². The highest BCUT2D eigenvalue weighted by atomic mass is 79.9. The highest BCUT2D eigenvalue weighted by molar-refractivity contribution is 9.10. The van der Waals surface area contributed by atoms with Gasteiger partial charge in [-0.1, -0.05) is 17.7 Å². The summed E-state index contributed by atoms with van der Waals surface area (Å²) in [7, 11) is 0. The summed E-state index contributed by atoms with van der Waals surface area (Å²) in [6.45, 7) is 0.198. The maximum atomic E-state index is 12.0. The van der Waals surface area contributed by atoms with Crippen LogP contribution >= 0.6 is 27.5 Å². The molecule has 7 nitrogen and oxygen atoms in total. The van der Waals surface area contributed by atoms with Crippen molar-refractivity contribution >= 4 is 39.1 Å². The molecule has 1 aromatic carbocycles. The Hall–Kier alpha value is -2.32. The smallest absolute Gasteiger partial charge is 0.274 e. The number of ether oxygens (including phenoxy) is 1. The number of aromatic nitrogens is 4. The molecule has 0 aliphatic rings. The molecule has 0 bridgehead atoms. The average molecular weight is 397 g/mol. The van der Waals surface area contributed by atoms with Crippen molar-refractivity contribution in [1.82, 2.24) is 20.0 Å². The molecular weight excluding hydrogens is 386 g/mol. The van der Waals surface area contributed by atoms with Gasteiger partial charge in [0.15, 0.2) is 6.73 Å².